The number of nitrogens with one attached hydrogen (secondary N) is 1. The Morgan fingerprint density at radius 3 is 2.23 bits per heavy atom. The van der Waals surface area contributed by atoms with Crippen molar-refractivity contribution < 1.29 is 9.53 Å². The summed E-state index contributed by atoms with van der Waals surface area (Å²) in [5.74, 6) is 0.732. The monoisotopic (exact) mass is 345 g/mol. The van der Waals surface area contributed by atoms with Crippen LogP contribution in [0.15, 0.2) is 84.9 Å². The Labute approximate surface area is 154 Å². The van der Waals surface area contributed by atoms with Crippen LogP contribution in [-0.4, -0.2) is 12.5 Å². The molecular formula is C23H23NO2. The Kier molecular flexibility index (Phi) is 6.05. The molecular weight excluding hydrogens is 322 g/mol. The van der Waals surface area contributed by atoms with E-state index < -0.39 is 0 Å². The second-order valence-corrected chi connectivity index (χ2v) is 6.29. The van der Waals surface area contributed by atoms with Crippen molar-refractivity contribution in [3.05, 3.63) is 102 Å². The minimum atomic E-state index is -0.114. The Hall–Kier alpha value is -3.07. The van der Waals surface area contributed by atoms with E-state index in [0.29, 0.717) is 24.5 Å². The van der Waals surface area contributed by atoms with Gasteiger partial charge in [0.25, 0.3) is 5.91 Å². The van der Waals surface area contributed by atoms with E-state index in [9.17, 15) is 4.79 Å². The number of hydrogen-bond donors (Lipinski definition) is 1. The predicted molar refractivity (Wildman–Crippen MR) is 104 cm³/mol. The van der Waals surface area contributed by atoms with Gasteiger partial charge in [-0.25, -0.2) is 0 Å². The second-order valence-electron chi connectivity index (χ2n) is 6.29. The fourth-order valence-corrected chi connectivity index (χ4v) is 2.76. The molecule has 0 unspecified atom stereocenters. The third kappa shape index (κ3) is 4.73. The number of carbonyl (C=O) groups excluding carboxylic acids is 1. The zero-order valence-corrected chi connectivity index (χ0v) is 14.9. The molecule has 3 nitrogen and oxygen atoms in total. The first-order valence-corrected chi connectivity index (χ1v) is 8.83. The Balaban J connectivity index is 1.62. The predicted octanol–water partition coefficient (Wildman–Crippen LogP) is 4.80. The van der Waals surface area contributed by atoms with Gasteiger partial charge in [0.1, 0.15) is 12.4 Å². The number of hydrogen-bond acceptors (Lipinski definition) is 2. The molecule has 0 saturated heterocycles. The number of rotatable bonds is 7. The van der Waals surface area contributed by atoms with Crippen molar-refractivity contribution in [3.8, 4) is 5.75 Å². The van der Waals surface area contributed by atoms with Crippen molar-refractivity contribution in [2.75, 3.05) is 6.54 Å². The molecule has 26 heavy (non-hydrogen) atoms. The highest BCUT2D eigenvalue weighted by Crippen LogP contribution is 2.20. The van der Waals surface area contributed by atoms with Gasteiger partial charge < -0.3 is 10.1 Å². The van der Waals surface area contributed by atoms with E-state index in [0.717, 1.165) is 5.56 Å². The fraction of sp³-hybridized carbons (Fsp3) is 0.174. The van der Waals surface area contributed by atoms with Gasteiger partial charge in [0.15, 0.2) is 0 Å². The summed E-state index contributed by atoms with van der Waals surface area (Å²) in [6, 6.07) is 27.5. The quantitative estimate of drug-likeness (QED) is 0.668. The number of amides is 1. The molecule has 0 aliphatic rings. The van der Waals surface area contributed by atoms with E-state index in [1.54, 1.807) is 6.07 Å². The lowest BCUT2D eigenvalue weighted by atomic mass is 10.0. The van der Waals surface area contributed by atoms with Gasteiger partial charge in [-0.15, -0.1) is 0 Å². The van der Waals surface area contributed by atoms with Gasteiger partial charge in [-0.2, -0.15) is 0 Å². The van der Waals surface area contributed by atoms with Crippen LogP contribution in [0.25, 0.3) is 0 Å². The largest absolute Gasteiger partial charge is 0.488 e. The van der Waals surface area contributed by atoms with E-state index in [4.69, 9.17) is 4.74 Å². The van der Waals surface area contributed by atoms with Crippen molar-refractivity contribution in [3.63, 3.8) is 0 Å². The SMILES string of the molecule is C[C@@H](CNC(=O)c1ccccc1OCc1ccccc1)c1ccccc1. The highest BCUT2D eigenvalue weighted by atomic mass is 16.5. The standard InChI is InChI=1S/C23H23NO2/c1-18(20-12-6-3-7-13-20)16-24-23(25)21-14-8-9-15-22(21)26-17-19-10-4-2-5-11-19/h2-15,18H,16-17H2,1H3,(H,24,25)/t18-/m0/s1. The Morgan fingerprint density at radius 1 is 0.885 bits per heavy atom. The minimum Gasteiger partial charge on any atom is -0.488 e. The maximum atomic E-state index is 12.6. The van der Waals surface area contributed by atoms with Crippen LogP contribution in [-0.2, 0) is 6.61 Å². The molecule has 3 rings (SSSR count). The van der Waals surface area contributed by atoms with E-state index >= 15 is 0 Å². The molecule has 1 amide bonds. The molecule has 0 aromatic heterocycles. The van der Waals surface area contributed by atoms with Gasteiger partial charge in [0, 0.05) is 6.54 Å². The van der Waals surface area contributed by atoms with Crippen LogP contribution < -0.4 is 10.1 Å². The van der Waals surface area contributed by atoms with Crippen LogP contribution in [0.2, 0.25) is 0 Å². The molecule has 3 heteroatoms. The third-order valence-corrected chi connectivity index (χ3v) is 4.31. The molecule has 0 saturated carbocycles. The number of para-hydroxylation sites is 1. The molecule has 0 heterocycles. The normalized spacial score (nSPS) is 11.6. The Morgan fingerprint density at radius 2 is 1.50 bits per heavy atom. The van der Waals surface area contributed by atoms with E-state index in [2.05, 4.69) is 24.4 Å². The average molecular weight is 345 g/mol. The van der Waals surface area contributed by atoms with Crippen molar-refractivity contribution in [2.24, 2.45) is 0 Å². The molecule has 132 valence electrons. The Bertz CT molecular complexity index is 831. The summed E-state index contributed by atoms with van der Waals surface area (Å²) in [6.45, 7) is 3.12. The molecule has 3 aromatic carbocycles. The van der Waals surface area contributed by atoms with Crippen molar-refractivity contribution in [1.82, 2.24) is 5.32 Å². The smallest absolute Gasteiger partial charge is 0.255 e. The summed E-state index contributed by atoms with van der Waals surface area (Å²) < 4.78 is 5.87. The van der Waals surface area contributed by atoms with Crippen LogP contribution in [0, 0.1) is 0 Å². The molecule has 1 N–H and O–H groups in total. The van der Waals surface area contributed by atoms with Crippen LogP contribution in [0.3, 0.4) is 0 Å². The van der Waals surface area contributed by atoms with Gasteiger partial charge in [-0.3, -0.25) is 4.79 Å². The zero-order chi connectivity index (χ0) is 18.2. The van der Waals surface area contributed by atoms with Crippen molar-refractivity contribution in [2.45, 2.75) is 19.4 Å². The van der Waals surface area contributed by atoms with E-state index in [1.807, 2.05) is 66.7 Å². The highest BCUT2D eigenvalue weighted by Gasteiger charge is 2.13. The molecule has 0 radical (unpaired) electrons. The average Bonchev–Trinajstić information content (AvgIpc) is 2.72. The van der Waals surface area contributed by atoms with E-state index in [-0.39, 0.29) is 11.8 Å². The zero-order valence-electron chi connectivity index (χ0n) is 14.9. The number of benzene rings is 3. The summed E-state index contributed by atoms with van der Waals surface area (Å²) in [5, 5.41) is 3.02. The lowest BCUT2D eigenvalue weighted by molar-refractivity contribution is 0.0947. The van der Waals surface area contributed by atoms with Gasteiger partial charge >= 0.3 is 0 Å². The molecule has 1 atom stereocenters. The lowest BCUT2D eigenvalue weighted by Crippen LogP contribution is -2.27. The first-order valence-electron chi connectivity index (χ1n) is 8.83. The minimum absolute atomic E-state index is 0.114. The molecule has 0 bridgehead atoms. The molecule has 0 fully saturated rings. The summed E-state index contributed by atoms with van der Waals surface area (Å²) in [5.41, 5.74) is 2.84. The van der Waals surface area contributed by atoms with Crippen molar-refractivity contribution in [1.29, 1.82) is 0 Å². The van der Waals surface area contributed by atoms with Crippen LogP contribution in [0.5, 0.6) is 5.75 Å². The summed E-state index contributed by atoms with van der Waals surface area (Å²) in [7, 11) is 0. The van der Waals surface area contributed by atoms with Crippen LogP contribution in [0.1, 0.15) is 34.3 Å². The van der Waals surface area contributed by atoms with Crippen LogP contribution in [0.4, 0.5) is 0 Å². The van der Waals surface area contributed by atoms with Gasteiger partial charge in [-0.05, 0) is 29.2 Å². The third-order valence-electron chi connectivity index (χ3n) is 4.31. The fourth-order valence-electron chi connectivity index (χ4n) is 2.76. The summed E-state index contributed by atoms with van der Waals surface area (Å²) in [6.07, 6.45) is 0. The number of carbonyl (C=O) groups is 1. The van der Waals surface area contributed by atoms with E-state index in [1.165, 1.54) is 5.56 Å². The summed E-state index contributed by atoms with van der Waals surface area (Å²) in [4.78, 5) is 12.6. The van der Waals surface area contributed by atoms with Gasteiger partial charge in [-0.1, -0.05) is 79.7 Å². The lowest BCUT2D eigenvalue weighted by Gasteiger charge is -2.15. The van der Waals surface area contributed by atoms with Gasteiger partial charge in [0.2, 0.25) is 0 Å². The maximum absolute atomic E-state index is 12.6. The van der Waals surface area contributed by atoms with Gasteiger partial charge in [0.05, 0.1) is 5.56 Å². The molecule has 3 aromatic rings. The van der Waals surface area contributed by atoms with Crippen LogP contribution >= 0.6 is 0 Å². The topological polar surface area (TPSA) is 38.3 Å². The first kappa shape index (κ1) is 17.7. The highest BCUT2D eigenvalue weighted by molar-refractivity contribution is 5.96. The van der Waals surface area contributed by atoms with Crippen molar-refractivity contribution >= 4 is 5.91 Å². The maximum Gasteiger partial charge on any atom is 0.255 e. The summed E-state index contributed by atoms with van der Waals surface area (Å²) >= 11 is 0. The molecule has 0 aliphatic heterocycles. The first-order chi connectivity index (χ1) is 12.7. The number of ether oxygens (including phenoxy) is 1. The molecule has 0 aliphatic carbocycles. The molecule has 0 spiro atoms. The second kappa shape index (κ2) is 8.86.